The molecule has 1 aliphatic rings. The minimum atomic E-state index is -1.43. The molecule has 19 heavy (non-hydrogen) atoms. The van der Waals surface area contributed by atoms with Crippen molar-refractivity contribution in [1.29, 1.82) is 0 Å². The number of amides is 2. The van der Waals surface area contributed by atoms with Gasteiger partial charge in [-0.25, -0.2) is 0 Å². The number of imide groups is 1. The van der Waals surface area contributed by atoms with Crippen molar-refractivity contribution >= 4 is 17.8 Å². The summed E-state index contributed by atoms with van der Waals surface area (Å²) >= 11 is 0. The quantitative estimate of drug-likeness (QED) is 0.723. The van der Waals surface area contributed by atoms with Gasteiger partial charge in [0.05, 0.1) is 23.1 Å². The summed E-state index contributed by atoms with van der Waals surface area (Å²) in [5, 5.41) is 11.3. The fourth-order valence-corrected chi connectivity index (χ4v) is 2.29. The molecular formula is C14H14NO4-. The third-order valence-corrected chi connectivity index (χ3v) is 3.13. The van der Waals surface area contributed by atoms with Crippen LogP contribution in [0.2, 0.25) is 0 Å². The van der Waals surface area contributed by atoms with Crippen molar-refractivity contribution in [2.75, 3.05) is 0 Å². The summed E-state index contributed by atoms with van der Waals surface area (Å²) in [5.74, 6) is -2.59. The first kappa shape index (κ1) is 13.3. The van der Waals surface area contributed by atoms with E-state index in [2.05, 4.69) is 0 Å². The Morgan fingerprint density at radius 3 is 1.84 bits per heavy atom. The first-order valence-electron chi connectivity index (χ1n) is 5.93. The van der Waals surface area contributed by atoms with Crippen LogP contribution >= 0.6 is 0 Å². The number of carbonyl (C=O) groups is 3. The molecule has 2 amide bonds. The lowest BCUT2D eigenvalue weighted by Crippen LogP contribution is -2.56. The largest absolute Gasteiger partial charge is 0.548 e. The van der Waals surface area contributed by atoms with Crippen LogP contribution in [0.25, 0.3) is 0 Å². The van der Waals surface area contributed by atoms with Crippen molar-refractivity contribution in [3.05, 3.63) is 35.4 Å². The van der Waals surface area contributed by atoms with E-state index in [-0.39, 0.29) is 11.1 Å². The van der Waals surface area contributed by atoms with Crippen LogP contribution in [0.15, 0.2) is 24.3 Å². The number of hydrogen-bond donors (Lipinski definition) is 0. The molecular weight excluding hydrogens is 246 g/mol. The van der Waals surface area contributed by atoms with Gasteiger partial charge < -0.3 is 9.90 Å². The minimum Gasteiger partial charge on any atom is -0.548 e. The van der Waals surface area contributed by atoms with Gasteiger partial charge in [-0.3, -0.25) is 14.5 Å². The normalized spacial score (nSPS) is 16.5. The van der Waals surface area contributed by atoms with Crippen molar-refractivity contribution in [3.63, 3.8) is 0 Å². The van der Waals surface area contributed by atoms with Gasteiger partial charge in [-0.05, 0) is 17.5 Å². The Bertz CT molecular complexity index is 536. The number of aliphatic carboxylic acids is 1. The summed E-state index contributed by atoms with van der Waals surface area (Å²) in [4.78, 5) is 36.5. The number of carboxylic acid groups (broad SMARTS) is 1. The molecule has 1 unspecified atom stereocenters. The third-order valence-electron chi connectivity index (χ3n) is 3.13. The Morgan fingerprint density at radius 1 is 1.11 bits per heavy atom. The first-order valence-corrected chi connectivity index (χ1v) is 5.93. The van der Waals surface area contributed by atoms with Crippen LogP contribution < -0.4 is 5.11 Å². The first-order chi connectivity index (χ1) is 8.75. The van der Waals surface area contributed by atoms with Gasteiger partial charge in [-0.15, -0.1) is 0 Å². The van der Waals surface area contributed by atoms with Crippen molar-refractivity contribution < 1.29 is 19.5 Å². The maximum Gasteiger partial charge on any atom is 0.262 e. The molecule has 0 N–H and O–H groups in total. The van der Waals surface area contributed by atoms with E-state index in [9.17, 15) is 19.5 Å². The highest BCUT2D eigenvalue weighted by Gasteiger charge is 2.44. The van der Waals surface area contributed by atoms with E-state index in [1.165, 1.54) is 12.1 Å². The smallest absolute Gasteiger partial charge is 0.262 e. The third kappa shape index (κ3) is 2.01. The molecule has 0 aliphatic carbocycles. The van der Waals surface area contributed by atoms with Crippen molar-refractivity contribution in [2.45, 2.75) is 26.8 Å². The Morgan fingerprint density at radius 2 is 1.53 bits per heavy atom. The lowest BCUT2D eigenvalue weighted by molar-refractivity contribution is -0.313. The van der Waals surface area contributed by atoms with Crippen LogP contribution in [0.1, 0.15) is 41.5 Å². The zero-order chi connectivity index (χ0) is 14.4. The minimum absolute atomic E-state index is 0.239. The van der Waals surface area contributed by atoms with Crippen LogP contribution in [0.4, 0.5) is 0 Å². The monoisotopic (exact) mass is 260 g/mol. The highest BCUT2D eigenvalue weighted by Crippen LogP contribution is 2.31. The van der Waals surface area contributed by atoms with Crippen LogP contribution in [0.3, 0.4) is 0 Å². The molecule has 5 nitrogen and oxygen atoms in total. The predicted molar refractivity (Wildman–Crippen MR) is 65.2 cm³/mol. The number of carbonyl (C=O) groups excluding carboxylic acids is 3. The molecule has 0 saturated carbocycles. The van der Waals surface area contributed by atoms with Crippen LogP contribution in [-0.4, -0.2) is 28.7 Å². The fraction of sp³-hybridized carbons (Fsp3) is 0.357. The second kappa shape index (κ2) is 4.19. The molecule has 1 atom stereocenters. The second-order valence-electron chi connectivity index (χ2n) is 5.61. The number of carboxylic acids is 1. The predicted octanol–water partition coefficient (Wildman–Crippen LogP) is 0.447. The van der Waals surface area contributed by atoms with Gasteiger partial charge in [0.25, 0.3) is 11.8 Å². The second-order valence-corrected chi connectivity index (χ2v) is 5.61. The number of rotatable bonds is 2. The zero-order valence-electron chi connectivity index (χ0n) is 11.0. The van der Waals surface area contributed by atoms with E-state index in [1.807, 2.05) is 0 Å². The van der Waals surface area contributed by atoms with Gasteiger partial charge in [0, 0.05) is 0 Å². The molecule has 1 aliphatic heterocycles. The van der Waals surface area contributed by atoms with E-state index in [4.69, 9.17) is 0 Å². The van der Waals surface area contributed by atoms with E-state index in [0.717, 1.165) is 4.90 Å². The molecule has 0 spiro atoms. The maximum atomic E-state index is 12.2. The van der Waals surface area contributed by atoms with E-state index >= 15 is 0 Å². The zero-order valence-corrected chi connectivity index (χ0v) is 11.0. The van der Waals surface area contributed by atoms with Crippen molar-refractivity contribution in [2.24, 2.45) is 5.41 Å². The number of fused-ring (bicyclic) bond motifs is 1. The van der Waals surface area contributed by atoms with Gasteiger partial charge >= 0.3 is 0 Å². The number of hydrogen-bond acceptors (Lipinski definition) is 4. The highest BCUT2D eigenvalue weighted by atomic mass is 16.4. The van der Waals surface area contributed by atoms with Crippen molar-refractivity contribution in [1.82, 2.24) is 4.90 Å². The summed E-state index contributed by atoms with van der Waals surface area (Å²) in [6.45, 7) is 4.95. The van der Waals surface area contributed by atoms with Crippen LogP contribution in [0.5, 0.6) is 0 Å². The summed E-state index contributed by atoms with van der Waals surface area (Å²) in [7, 11) is 0. The molecule has 1 aromatic rings. The van der Waals surface area contributed by atoms with Crippen LogP contribution in [0, 0.1) is 5.41 Å². The molecule has 100 valence electrons. The standard InChI is InChI=1S/C14H15NO4/c1-14(2,3)10(13(18)19)15-11(16)8-6-4-5-7-9(8)12(15)17/h4-7,10H,1-3H3,(H,18,19)/p-1. The van der Waals surface area contributed by atoms with Gasteiger partial charge in [-0.2, -0.15) is 0 Å². The summed E-state index contributed by atoms with van der Waals surface area (Å²) in [6.07, 6.45) is 0. The number of nitrogens with zero attached hydrogens (tertiary/aromatic N) is 1. The van der Waals surface area contributed by atoms with E-state index in [1.54, 1.807) is 32.9 Å². The Kier molecular flexibility index (Phi) is 2.92. The molecule has 2 rings (SSSR count). The molecule has 0 radical (unpaired) electrons. The highest BCUT2D eigenvalue weighted by molar-refractivity contribution is 6.22. The van der Waals surface area contributed by atoms with Gasteiger partial charge in [0.1, 0.15) is 0 Å². The molecule has 1 aromatic carbocycles. The van der Waals surface area contributed by atoms with Crippen molar-refractivity contribution in [3.8, 4) is 0 Å². The average molecular weight is 260 g/mol. The van der Waals surface area contributed by atoms with E-state index < -0.39 is 29.2 Å². The molecule has 0 saturated heterocycles. The molecule has 0 fully saturated rings. The average Bonchev–Trinajstić information content (AvgIpc) is 2.53. The molecule has 5 heteroatoms. The Labute approximate surface area is 110 Å². The summed E-state index contributed by atoms with van der Waals surface area (Å²) in [5.41, 5.74) is -0.322. The summed E-state index contributed by atoms with van der Waals surface area (Å²) in [6, 6.07) is 5.02. The van der Waals surface area contributed by atoms with Gasteiger partial charge in [0.2, 0.25) is 0 Å². The maximum absolute atomic E-state index is 12.2. The molecule has 1 heterocycles. The summed E-state index contributed by atoms with van der Waals surface area (Å²) < 4.78 is 0. The topological polar surface area (TPSA) is 77.5 Å². The SMILES string of the molecule is CC(C)(C)C(C(=O)[O-])N1C(=O)c2ccccc2C1=O. The van der Waals surface area contributed by atoms with Crippen LogP contribution in [-0.2, 0) is 4.79 Å². The Hall–Kier alpha value is -2.17. The Balaban J connectivity index is 2.52. The molecule has 0 aromatic heterocycles. The number of benzene rings is 1. The fourth-order valence-electron chi connectivity index (χ4n) is 2.29. The van der Waals surface area contributed by atoms with E-state index in [0.29, 0.717) is 0 Å². The van der Waals surface area contributed by atoms with Gasteiger partial charge in [0.15, 0.2) is 0 Å². The lowest BCUT2D eigenvalue weighted by atomic mass is 9.85. The molecule has 0 bridgehead atoms. The van der Waals surface area contributed by atoms with Gasteiger partial charge in [-0.1, -0.05) is 32.9 Å². The lowest BCUT2D eigenvalue weighted by Gasteiger charge is -2.37.